The molecule has 0 bridgehead atoms. The number of allylic oxidation sites excluding steroid dienone is 1. The Morgan fingerprint density at radius 1 is 0.859 bits per heavy atom. The van der Waals surface area contributed by atoms with Crippen LogP contribution in [0.3, 0.4) is 0 Å². The first kappa shape index (κ1) is 44.0. The number of amides is 2. The lowest BCUT2D eigenvalue weighted by atomic mass is 9.95. The van der Waals surface area contributed by atoms with Crippen LogP contribution in [0.2, 0.25) is 5.02 Å². The summed E-state index contributed by atoms with van der Waals surface area (Å²) in [6.45, 7) is 3.88. The van der Waals surface area contributed by atoms with E-state index in [-0.39, 0.29) is 35.3 Å². The highest BCUT2D eigenvalue weighted by atomic mass is 35.5. The van der Waals surface area contributed by atoms with E-state index in [9.17, 15) is 8.78 Å². The van der Waals surface area contributed by atoms with E-state index in [0.29, 0.717) is 79.0 Å². The highest BCUT2D eigenvalue weighted by Crippen LogP contribution is 2.39. The number of fused-ring (bicyclic) bond motifs is 1. The van der Waals surface area contributed by atoms with Crippen LogP contribution >= 0.6 is 11.6 Å². The number of hydrogen-bond donors (Lipinski definition) is 0. The van der Waals surface area contributed by atoms with Crippen LogP contribution in [0, 0.1) is 13.8 Å². The number of carbonyl (C=O) groups excluding carboxylic acids is 2. The van der Waals surface area contributed by atoms with Crippen LogP contribution in [0.5, 0.6) is 17.2 Å². The second-order valence-electron chi connectivity index (χ2n) is 15.8. The van der Waals surface area contributed by atoms with Crippen LogP contribution in [0.15, 0.2) is 127 Å². The quantitative estimate of drug-likeness (QED) is 0.114. The number of carbonyl (C=O) groups is 2. The Bertz CT molecular complexity index is 2680. The molecule has 330 valence electrons. The Morgan fingerprint density at radius 3 is 2.30 bits per heavy atom. The molecule has 10 nitrogen and oxygen atoms in total. The number of ether oxygens (including phenoxy) is 4. The molecule has 5 aromatic carbocycles. The molecule has 0 radical (unpaired) electrons. The number of hydrogen-bond acceptors (Lipinski definition) is 7. The number of aromatic nitrogens is 1. The lowest BCUT2D eigenvalue weighted by Gasteiger charge is -2.35. The van der Waals surface area contributed by atoms with Gasteiger partial charge in [-0.25, -0.2) is 0 Å². The molecule has 6 aromatic rings. The van der Waals surface area contributed by atoms with Crippen molar-refractivity contribution in [1.82, 2.24) is 14.4 Å². The molecule has 64 heavy (non-hydrogen) atoms. The van der Waals surface area contributed by atoms with Gasteiger partial charge < -0.3 is 38.2 Å². The SMILES string of the molecule is COc1cccc(CN(C(=O)c2cc(-c3cc(Cl)c(OC(F)F)cc3C(=O)N3Cc4ccccc4C/C3=C\N3CCOCC3)n(C)c2C)c2ccc(OCc3ccccc3)cc2)c1C. The lowest BCUT2D eigenvalue weighted by molar-refractivity contribution is -0.0498. The molecule has 0 spiro atoms. The Kier molecular flexibility index (Phi) is 13.3. The van der Waals surface area contributed by atoms with E-state index < -0.39 is 12.5 Å². The molecule has 8 rings (SSSR count). The fourth-order valence-corrected chi connectivity index (χ4v) is 8.45. The molecule has 0 N–H and O–H groups in total. The van der Waals surface area contributed by atoms with Gasteiger partial charge in [-0.1, -0.05) is 78.3 Å². The molecule has 1 saturated heterocycles. The van der Waals surface area contributed by atoms with Gasteiger partial charge in [-0.15, -0.1) is 0 Å². The Morgan fingerprint density at radius 2 is 1.58 bits per heavy atom. The summed E-state index contributed by atoms with van der Waals surface area (Å²) in [5.41, 5.74) is 8.13. The molecule has 0 unspecified atom stereocenters. The summed E-state index contributed by atoms with van der Waals surface area (Å²) in [7, 11) is 3.41. The number of alkyl halides is 2. The van der Waals surface area contributed by atoms with E-state index in [4.69, 9.17) is 30.5 Å². The zero-order valence-electron chi connectivity index (χ0n) is 36.2. The molecule has 1 aromatic heterocycles. The molecular formula is C51H49ClF2N4O6. The second kappa shape index (κ2) is 19.4. The fraction of sp³-hybridized carbons (Fsp3) is 0.255. The van der Waals surface area contributed by atoms with Gasteiger partial charge in [0.1, 0.15) is 23.9 Å². The lowest BCUT2D eigenvalue weighted by Crippen LogP contribution is -2.38. The average Bonchev–Trinajstić information content (AvgIpc) is 3.61. The Labute approximate surface area is 376 Å². The van der Waals surface area contributed by atoms with Gasteiger partial charge in [-0.3, -0.25) is 9.59 Å². The molecule has 2 aliphatic rings. The minimum atomic E-state index is -3.19. The largest absolute Gasteiger partial charge is 0.496 e. The monoisotopic (exact) mass is 886 g/mol. The maximum Gasteiger partial charge on any atom is 0.387 e. The first-order valence-corrected chi connectivity index (χ1v) is 21.4. The van der Waals surface area contributed by atoms with Crippen LogP contribution in [-0.2, 0) is 37.9 Å². The number of methoxy groups -OCH3 is 1. The summed E-state index contributed by atoms with van der Waals surface area (Å²) in [5.74, 6) is 0.263. The molecule has 1 fully saturated rings. The summed E-state index contributed by atoms with van der Waals surface area (Å²) in [6.07, 6.45) is 2.47. The fourth-order valence-electron chi connectivity index (χ4n) is 8.24. The average molecular weight is 887 g/mol. The smallest absolute Gasteiger partial charge is 0.387 e. The normalized spacial score (nSPS) is 14.4. The van der Waals surface area contributed by atoms with E-state index in [2.05, 4.69) is 4.90 Å². The van der Waals surface area contributed by atoms with Gasteiger partial charge in [0.2, 0.25) is 0 Å². The third kappa shape index (κ3) is 9.48. The zero-order chi connectivity index (χ0) is 44.9. The maximum absolute atomic E-state index is 15.1. The number of benzene rings is 5. The predicted octanol–water partition coefficient (Wildman–Crippen LogP) is 10.4. The van der Waals surface area contributed by atoms with Crippen molar-refractivity contribution in [3.8, 4) is 28.5 Å². The van der Waals surface area contributed by atoms with Gasteiger partial charge in [0.05, 0.1) is 49.6 Å². The van der Waals surface area contributed by atoms with Gasteiger partial charge in [-0.2, -0.15) is 8.78 Å². The molecular weight excluding hydrogens is 838 g/mol. The summed E-state index contributed by atoms with van der Waals surface area (Å²) in [5, 5.41) is -0.114. The highest BCUT2D eigenvalue weighted by molar-refractivity contribution is 6.32. The van der Waals surface area contributed by atoms with Crippen molar-refractivity contribution in [3.63, 3.8) is 0 Å². The number of nitrogens with zero attached hydrogens (tertiary/aromatic N) is 4. The molecule has 13 heteroatoms. The zero-order valence-corrected chi connectivity index (χ0v) is 36.9. The molecule has 0 atom stereocenters. The van der Waals surface area contributed by atoms with E-state index in [0.717, 1.165) is 33.5 Å². The third-order valence-electron chi connectivity index (χ3n) is 11.9. The number of halogens is 3. The predicted molar refractivity (Wildman–Crippen MR) is 243 cm³/mol. The van der Waals surface area contributed by atoms with E-state index in [1.54, 1.807) is 30.0 Å². The second-order valence-corrected chi connectivity index (χ2v) is 16.2. The summed E-state index contributed by atoms with van der Waals surface area (Å²) < 4.78 is 51.6. The van der Waals surface area contributed by atoms with E-state index in [1.807, 2.05) is 122 Å². The van der Waals surface area contributed by atoms with Crippen LogP contribution in [-0.4, -0.2) is 66.2 Å². The van der Waals surface area contributed by atoms with Crippen LogP contribution < -0.4 is 19.1 Å². The minimum absolute atomic E-state index is 0.0851. The van der Waals surface area contributed by atoms with Crippen molar-refractivity contribution in [2.24, 2.45) is 7.05 Å². The van der Waals surface area contributed by atoms with Gasteiger partial charge in [0.25, 0.3) is 11.8 Å². The summed E-state index contributed by atoms with van der Waals surface area (Å²) >= 11 is 6.68. The van der Waals surface area contributed by atoms with Gasteiger partial charge >= 0.3 is 6.61 Å². The van der Waals surface area contributed by atoms with Crippen molar-refractivity contribution in [3.05, 3.63) is 177 Å². The highest BCUT2D eigenvalue weighted by Gasteiger charge is 2.32. The standard InChI is InChI=1S/C51H49ClF2N4O6/c1-33-37(15-10-16-47(33)61-4)29-57(39-17-19-41(20-18-39)63-32-35-11-6-5-7-12-35)49(59)42-27-46(55(3)34(42)2)43-26-45(52)48(64-51(53)54)28-44(43)50(60)58-30-38-14-9-8-13-36(38)25-40(58)31-56-21-23-62-24-22-56/h5-20,26-28,31,51H,21-25,29-30,32H2,1-4H3/b40-31+. The first-order valence-electron chi connectivity index (χ1n) is 21.1. The van der Waals surface area contributed by atoms with Crippen molar-refractivity contribution < 1.29 is 37.3 Å². The topological polar surface area (TPSA) is 85.7 Å². The Balaban J connectivity index is 1.19. The Hall–Kier alpha value is -6.63. The van der Waals surface area contributed by atoms with E-state index >= 15 is 9.59 Å². The van der Waals surface area contributed by atoms with Crippen molar-refractivity contribution in [2.45, 2.75) is 46.6 Å². The minimum Gasteiger partial charge on any atom is -0.496 e. The molecule has 3 heterocycles. The van der Waals surface area contributed by atoms with Crippen molar-refractivity contribution in [2.75, 3.05) is 38.3 Å². The summed E-state index contributed by atoms with van der Waals surface area (Å²) in [4.78, 5) is 35.7. The van der Waals surface area contributed by atoms with Gasteiger partial charge in [0.15, 0.2) is 0 Å². The molecule has 0 saturated carbocycles. The molecule has 2 aliphatic heterocycles. The van der Waals surface area contributed by atoms with Crippen LogP contribution in [0.25, 0.3) is 11.3 Å². The summed E-state index contributed by atoms with van der Waals surface area (Å²) in [6, 6.07) is 35.4. The van der Waals surface area contributed by atoms with E-state index in [1.165, 1.54) is 12.1 Å². The molecule has 0 aliphatic carbocycles. The number of rotatable bonds is 13. The number of anilines is 1. The van der Waals surface area contributed by atoms with Gasteiger partial charge in [0, 0.05) is 61.1 Å². The first-order chi connectivity index (χ1) is 31.0. The van der Waals surface area contributed by atoms with Crippen molar-refractivity contribution in [1.29, 1.82) is 0 Å². The van der Waals surface area contributed by atoms with Crippen molar-refractivity contribution >= 4 is 29.1 Å². The van der Waals surface area contributed by atoms with Crippen LogP contribution in [0.1, 0.15) is 54.2 Å². The molecule has 2 amide bonds. The van der Waals surface area contributed by atoms with Gasteiger partial charge in [-0.05, 0) is 90.2 Å². The van der Waals surface area contributed by atoms with Crippen LogP contribution in [0.4, 0.5) is 14.5 Å². The number of morpholine rings is 1. The third-order valence-corrected chi connectivity index (χ3v) is 12.2. The maximum atomic E-state index is 15.1.